The highest BCUT2D eigenvalue weighted by molar-refractivity contribution is 5.87. The molecule has 4 fully saturated rings. The van der Waals surface area contributed by atoms with Gasteiger partial charge in [-0.25, -0.2) is 19.9 Å². The van der Waals surface area contributed by atoms with Gasteiger partial charge in [-0.3, -0.25) is 0 Å². The predicted molar refractivity (Wildman–Crippen MR) is 118 cm³/mol. The number of hydrogen-bond donors (Lipinski definition) is 1. The lowest BCUT2D eigenvalue weighted by atomic mass is 9.86. The number of rotatable bonds is 3. The van der Waals surface area contributed by atoms with Gasteiger partial charge in [0.05, 0.1) is 6.61 Å². The normalized spacial score (nSPS) is 26.2. The second kappa shape index (κ2) is 5.94. The summed E-state index contributed by atoms with van der Waals surface area (Å²) in [6.07, 6.45) is 6.71. The number of nitrogen functional groups attached to an aromatic ring is 1. The highest BCUT2D eigenvalue weighted by atomic mass is 16.5. The van der Waals surface area contributed by atoms with Gasteiger partial charge in [0.1, 0.15) is 17.2 Å². The number of pyridine rings is 1. The summed E-state index contributed by atoms with van der Waals surface area (Å²) in [5.41, 5.74) is 9.60. The monoisotopic (exact) mass is 417 g/mol. The molecule has 0 radical (unpaired) electrons. The molecule has 2 saturated heterocycles. The average Bonchev–Trinajstić information content (AvgIpc) is 3.17. The molecule has 8 rings (SSSR count). The van der Waals surface area contributed by atoms with Crippen molar-refractivity contribution in [2.24, 2.45) is 5.92 Å². The van der Waals surface area contributed by atoms with Gasteiger partial charge >= 0.3 is 0 Å². The minimum absolute atomic E-state index is 0.439. The molecule has 8 heteroatoms. The summed E-state index contributed by atoms with van der Waals surface area (Å²) in [5.74, 6) is 4.56. The van der Waals surface area contributed by atoms with Gasteiger partial charge in [0.2, 0.25) is 0 Å². The van der Waals surface area contributed by atoms with Gasteiger partial charge in [-0.2, -0.15) is 0 Å². The highest BCUT2D eigenvalue weighted by Crippen LogP contribution is 2.46. The number of nitrogens with zero attached hydrogens (tertiary/aromatic N) is 6. The molecule has 2 saturated carbocycles. The molecule has 2 bridgehead atoms. The van der Waals surface area contributed by atoms with Gasteiger partial charge in [0.25, 0.3) is 0 Å². The number of fused-ring (bicyclic) bond motifs is 4. The molecule has 3 aromatic heterocycles. The number of imidazole rings is 1. The van der Waals surface area contributed by atoms with Crippen LogP contribution in [0.1, 0.15) is 56.8 Å². The third-order valence-corrected chi connectivity index (χ3v) is 7.50. The van der Waals surface area contributed by atoms with Crippen LogP contribution in [-0.2, 0) is 16.9 Å². The third-order valence-electron chi connectivity index (χ3n) is 7.50. The summed E-state index contributed by atoms with van der Waals surface area (Å²) in [7, 11) is 0. The second-order valence-corrected chi connectivity index (χ2v) is 10.1. The summed E-state index contributed by atoms with van der Waals surface area (Å²) in [6.45, 7) is 6.63. The van der Waals surface area contributed by atoms with Gasteiger partial charge in [-0.15, -0.1) is 0 Å². The van der Waals surface area contributed by atoms with Crippen LogP contribution in [0.4, 0.5) is 11.6 Å². The van der Waals surface area contributed by atoms with Crippen LogP contribution in [0, 0.1) is 5.92 Å². The largest absolute Gasteiger partial charge is 0.383 e. The lowest BCUT2D eigenvalue weighted by Crippen LogP contribution is -2.33. The van der Waals surface area contributed by atoms with Crippen LogP contribution in [0.3, 0.4) is 0 Å². The number of ether oxygens (including phenoxy) is 1. The Morgan fingerprint density at radius 1 is 1.16 bits per heavy atom. The summed E-state index contributed by atoms with van der Waals surface area (Å²) in [4.78, 5) is 22.1. The van der Waals surface area contributed by atoms with Crippen molar-refractivity contribution in [3.8, 4) is 11.4 Å². The predicted octanol–water partition coefficient (Wildman–Crippen LogP) is 3.21. The number of hydrogen-bond acceptors (Lipinski definition) is 7. The van der Waals surface area contributed by atoms with Crippen molar-refractivity contribution < 1.29 is 4.74 Å². The van der Waals surface area contributed by atoms with Crippen molar-refractivity contribution >= 4 is 22.8 Å². The summed E-state index contributed by atoms with van der Waals surface area (Å²) < 4.78 is 8.25. The Morgan fingerprint density at radius 2 is 2.00 bits per heavy atom. The van der Waals surface area contributed by atoms with E-state index in [0.29, 0.717) is 30.2 Å². The molecular formula is C23H27N7O. The fourth-order valence-corrected chi connectivity index (χ4v) is 5.57. The number of aromatic nitrogens is 5. The Hall–Kier alpha value is -2.74. The Kier molecular flexibility index (Phi) is 3.43. The van der Waals surface area contributed by atoms with Crippen LogP contribution in [-0.4, -0.2) is 43.7 Å². The molecule has 3 aliphatic heterocycles. The molecule has 0 amide bonds. The lowest BCUT2D eigenvalue weighted by Gasteiger charge is -2.30. The van der Waals surface area contributed by atoms with E-state index in [4.69, 9.17) is 25.4 Å². The Labute approximate surface area is 180 Å². The SMILES string of the molecule is CC1(C)OCCn2c1nc1c(N3CC4CC3C4)nc(-c3cnc(N)c(C4CC4)c3)nc12. The van der Waals surface area contributed by atoms with Crippen LogP contribution >= 0.6 is 0 Å². The van der Waals surface area contributed by atoms with E-state index in [-0.39, 0.29) is 0 Å². The maximum absolute atomic E-state index is 6.17. The van der Waals surface area contributed by atoms with Crippen molar-refractivity contribution in [2.45, 2.75) is 63.6 Å². The second-order valence-electron chi connectivity index (χ2n) is 10.1. The molecule has 0 spiro atoms. The van der Waals surface area contributed by atoms with E-state index >= 15 is 0 Å². The van der Waals surface area contributed by atoms with Crippen LogP contribution in [0.15, 0.2) is 12.3 Å². The Morgan fingerprint density at radius 3 is 2.74 bits per heavy atom. The molecule has 3 aromatic rings. The van der Waals surface area contributed by atoms with E-state index in [1.165, 1.54) is 25.7 Å². The maximum Gasteiger partial charge on any atom is 0.166 e. The van der Waals surface area contributed by atoms with E-state index in [9.17, 15) is 0 Å². The smallest absolute Gasteiger partial charge is 0.166 e. The fraction of sp³-hybridized carbons (Fsp3) is 0.565. The third kappa shape index (κ3) is 2.57. The molecule has 31 heavy (non-hydrogen) atoms. The average molecular weight is 418 g/mol. The van der Waals surface area contributed by atoms with E-state index in [1.807, 2.05) is 6.20 Å². The number of anilines is 2. The van der Waals surface area contributed by atoms with E-state index in [1.54, 1.807) is 0 Å². The molecule has 0 unspecified atom stereocenters. The minimum Gasteiger partial charge on any atom is -0.383 e. The van der Waals surface area contributed by atoms with Crippen molar-refractivity contribution in [2.75, 3.05) is 23.8 Å². The van der Waals surface area contributed by atoms with Gasteiger partial charge in [0, 0.05) is 30.9 Å². The van der Waals surface area contributed by atoms with Gasteiger partial charge in [-0.1, -0.05) is 0 Å². The Balaban J connectivity index is 1.45. The first-order valence-electron chi connectivity index (χ1n) is 11.4. The molecule has 2 N–H and O–H groups in total. The van der Waals surface area contributed by atoms with Crippen LogP contribution in [0.2, 0.25) is 0 Å². The maximum atomic E-state index is 6.17. The van der Waals surface area contributed by atoms with Crippen molar-refractivity contribution in [1.82, 2.24) is 24.5 Å². The van der Waals surface area contributed by atoms with Gasteiger partial charge in [-0.05, 0) is 63.0 Å². The summed E-state index contributed by atoms with van der Waals surface area (Å²) in [5, 5.41) is 0. The minimum atomic E-state index is -0.439. The summed E-state index contributed by atoms with van der Waals surface area (Å²) >= 11 is 0. The molecule has 2 aliphatic carbocycles. The standard InChI is InChI=1S/C23H27N7O/c1-23(2)22-26-17-20(29(22)5-6-31-23)27-19(28-21(17)30-11-12-7-15(30)8-12)14-9-16(13-3-4-13)18(24)25-10-14/h9-10,12-13,15H,3-8,11H2,1-2H3,(H2,24,25). The van der Waals surface area contributed by atoms with Crippen molar-refractivity contribution in [1.29, 1.82) is 0 Å². The fourth-order valence-electron chi connectivity index (χ4n) is 5.57. The van der Waals surface area contributed by atoms with Crippen LogP contribution in [0.25, 0.3) is 22.6 Å². The first-order valence-corrected chi connectivity index (χ1v) is 11.4. The molecule has 160 valence electrons. The van der Waals surface area contributed by atoms with Crippen molar-refractivity contribution in [3.05, 3.63) is 23.7 Å². The first kappa shape index (κ1) is 17.9. The molecule has 6 heterocycles. The first-order chi connectivity index (χ1) is 15.0. The van der Waals surface area contributed by atoms with Gasteiger partial charge in [0.15, 0.2) is 22.8 Å². The molecule has 8 nitrogen and oxygen atoms in total. The topological polar surface area (TPSA) is 95.0 Å². The zero-order valence-corrected chi connectivity index (χ0v) is 18.0. The van der Waals surface area contributed by atoms with E-state index in [2.05, 4.69) is 34.4 Å². The van der Waals surface area contributed by atoms with Crippen LogP contribution in [0.5, 0.6) is 0 Å². The zero-order chi connectivity index (χ0) is 20.9. The zero-order valence-electron chi connectivity index (χ0n) is 18.0. The molecule has 0 atom stereocenters. The quantitative estimate of drug-likeness (QED) is 0.699. The van der Waals surface area contributed by atoms with Crippen molar-refractivity contribution in [3.63, 3.8) is 0 Å². The summed E-state index contributed by atoms with van der Waals surface area (Å²) in [6, 6.07) is 2.72. The lowest BCUT2D eigenvalue weighted by molar-refractivity contribution is -0.0530. The number of nitrogens with two attached hydrogens (primary N) is 1. The highest BCUT2D eigenvalue weighted by Gasteiger charge is 2.45. The Bertz CT molecular complexity index is 1220. The van der Waals surface area contributed by atoms with E-state index in [0.717, 1.165) is 52.9 Å². The van der Waals surface area contributed by atoms with Gasteiger partial charge < -0.3 is 19.9 Å². The molecule has 5 aliphatic rings. The van der Waals surface area contributed by atoms with Crippen LogP contribution < -0.4 is 10.6 Å². The molecule has 0 aromatic carbocycles. The van der Waals surface area contributed by atoms with E-state index < -0.39 is 5.60 Å². The molecular weight excluding hydrogens is 390 g/mol.